The predicted molar refractivity (Wildman–Crippen MR) is 77.7 cm³/mol. The normalized spacial score (nSPS) is 16.2. The van der Waals surface area contributed by atoms with Gasteiger partial charge in [0.2, 0.25) is 0 Å². The van der Waals surface area contributed by atoms with Gasteiger partial charge in [-0.25, -0.2) is 4.39 Å². The second kappa shape index (κ2) is 7.52. The van der Waals surface area contributed by atoms with Crippen molar-refractivity contribution in [3.05, 3.63) is 35.1 Å². The lowest BCUT2D eigenvalue weighted by Gasteiger charge is -2.32. The fraction of sp³-hybridized carbons (Fsp3) is 0.562. The first-order chi connectivity index (χ1) is 10.1. The highest BCUT2D eigenvalue weighted by molar-refractivity contribution is 5.94. The number of aryl methyl sites for hydroxylation is 1. The van der Waals surface area contributed by atoms with Gasteiger partial charge in [-0.1, -0.05) is 6.07 Å². The number of piperidine rings is 1. The van der Waals surface area contributed by atoms with Crippen LogP contribution in [-0.2, 0) is 4.74 Å². The minimum atomic E-state index is -0.457. The van der Waals surface area contributed by atoms with Crippen LogP contribution >= 0.6 is 0 Å². The fourth-order valence-corrected chi connectivity index (χ4v) is 2.50. The number of rotatable bonds is 5. The third kappa shape index (κ3) is 4.25. The lowest BCUT2D eigenvalue weighted by molar-refractivity contribution is 0.00388. The number of hydrogen-bond acceptors (Lipinski definition) is 3. The second-order valence-electron chi connectivity index (χ2n) is 5.42. The first-order valence-corrected chi connectivity index (χ1v) is 7.39. The van der Waals surface area contributed by atoms with Crippen LogP contribution in [0.3, 0.4) is 0 Å². The number of benzene rings is 1. The zero-order valence-corrected chi connectivity index (χ0v) is 12.3. The van der Waals surface area contributed by atoms with Crippen molar-refractivity contribution in [1.29, 1.82) is 0 Å². The van der Waals surface area contributed by atoms with Crippen molar-refractivity contribution in [1.82, 2.24) is 4.90 Å². The third-order valence-corrected chi connectivity index (χ3v) is 3.74. The summed E-state index contributed by atoms with van der Waals surface area (Å²) in [4.78, 5) is 14.0. The van der Waals surface area contributed by atoms with Crippen LogP contribution in [0.5, 0.6) is 0 Å². The largest absolute Gasteiger partial charge is 0.396 e. The molecule has 0 spiro atoms. The van der Waals surface area contributed by atoms with E-state index in [1.165, 1.54) is 6.07 Å². The minimum Gasteiger partial charge on any atom is -0.396 e. The van der Waals surface area contributed by atoms with E-state index in [-0.39, 0.29) is 24.2 Å². The van der Waals surface area contributed by atoms with Gasteiger partial charge in [-0.3, -0.25) is 4.79 Å². The van der Waals surface area contributed by atoms with Crippen LogP contribution in [0.4, 0.5) is 4.39 Å². The Morgan fingerprint density at radius 1 is 1.43 bits per heavy atom. The first kappa shape index (κ1) is 15.9. The molecule has 0 atom stereocenters. The van der Waals surface area contributed by atoms with Gasteiger partial charge in [0.1, 0.15) is 5.82 Å². The fourth-order valence-electron chi connectivity index (χ4n) is 2.50. The maximum Gasteiger partial charge on any atom is 0.256 e. The van der Waals surface area contributed by atoms with Crippen LogP contribution in [0.2, 0.25) is 0 Å². The maximum absolute atomic E-state index is 13.8. The van der Waals surface area contributed by atoms with Gasteiger partial charge in [0, 0.05) is 26.3 Å². The quantitative estimate of drug-likeness (QED) is 0.847. The van der Waals surface area contributed by atoms with E-state index in [2.05, 4.69) is 0 Å². The highest BCUT2D eigenvalue weighted by atomic mass is 19.1. The van der Waals surface area contributed by atoms with Crippen molar-refractivity contribution in [3.63, 3.8) is 0 Å². The average Bonchev–Trinajstić information content (AvgIpc) is 2.48. The number of aliphatic hydroxyl groups excluding tert-OH is 1. The number of carbonyl (C=O) groups excluding carboxylic acids is 1. The van der Waals surface area contributed by atoms with Crippen molar-refractivity contribution in [2.75, 3.05) is 26.3 Å². The number of likely N-dealkylation sites (tertiary alicyclic amines) is 1. The van der Waals surface area contributed by atoms with Gasteiger partial charge in [0.25, 0.3) is 5.91 Å². The zero-order chi connectivity index (χ0) is 15.2. The summed E-state index contributed by atoms with van der Waals surface area (Å²) in [6.45, 7) is 3.63. The molecule has 2 rings (SSSR count). The minimum absolute atomic E-state index is 0.128. The molecule has 0 saturated carbocycles. The Bertz CT molecular complexity index is 484. The maximum atomic E-state index is 13.8. The second-order valence-corrected chi connectivity index (χ2v) is 5.42. The molecule has 0 radical (unpaired) electrons. The van der Waals surface area contributed by atoms with E-state index in [9.17, 15) is 9.18 Å². The molecule has 1 aromatic rings. The summed E-state index contributed by atoms with van der Waals surface area (Å²) in [5.74, 6) is -0.706. The highest BCUT2D eigenvalue weighted by Crippen LogP contribution is 2.18. The standard InChI is InChI=1S/C16H22FNO3/c1-12-3-4-14(15(17)11-12)16(20)18-7-5-13(6-8-18)21-10-2-9-19/h3-4,11,13,19H,2,5-10H2,1H3. The molecule has 0 unspecified atom stereocenters. The van der Waals surface area contributed by atoms with Gasteiger partial charge in [-0.15, -0.1) is 0 Å². The van der Waals surface area contributed by atoms with Crippen molar-refractivity contribution in [2.24, 2.45) is 0 Å². The Hall–Kier alpha value is -1.46. The molecule has 1 fully saturated rings. The van der Waals surface area contributed by atoms with E-state index in [0.717, 1.165) is 18.4 Å². The van der Waals surface area contributed by atoms with Gasteiger partial charge < -0.3 is 14.7 Å². The van der Waals surface area contributed by atoms with Crippen LogP contribution in [0.1, 0.15) is 35.2 Å². The lowest BCUT2D eigenvalue weighted by atomic mass is 10.1. The Balaban J connectivity index is 1.88. The predicted octanol–water partition coefficient (Wildman–Crippen LogP) is 2.14. The van der Waals surface area contributed by atoms with E-state index in [1.54, 1.807) is 24.0 Å². The van der Waals surface area contributed by atoms with E-state index in [0.29, 0.717) is 26.1 Å². The number of halogens is 1. The molecule has 1 aliphatic heterocycles. The number of amides is 1. The Morgan fingerprint density at radius 2 is 2.14 bits per heavy atom. The molecule has 1 aromatic carbocycles. The van der Waals surface area contributed by atoms with Crippen LogP contribution in [0, 0.1) is 12.7 Å². The van der Waals surface area contributed by atoms with Gasteiger partial charge in [0.15, 0.2) is 0 Å². The molecule has 1 aliphatic rings. The summed E-state index contributed by atoms with van der Waals surface area (Å²) in [5.41, 5.74) is 0.945. The summed E-state index contributed by atoms with van der Waals surface area (Å²) < 4.78 is 19.5. The van der Waals surface area contributed by atoms with Gasteiger partial charge in [-0.05, 0) is 43.9 Å². The summed E-state index contributed by atoms with van der Waals surface area (Å²) >= 11 is 0. The molecule has 0 aromatic heterocycles. The lowest BCUT2D eigenvalue weighted by Crippen LogP contribution is -2.41. The summed E-state index contributed by atoms with van der Waals surface area (Å²) in [6.07, 6.45) is 2.27. The molecule has 5 heteroatoms. The van der Waals surface area contributed by atoms with Crippen LogP contribution in [0.25, 0.3) is 0 Å². The third-order valence-electron chi connectivity index (χ3n) is 3.74. The molecule has 4 nitrogen and oxygen atoms in total. The number of hydrogen-bond donors (Lipinski definition) is 1. The highest BCUT2D eigenvalue weighted by Gasteiger charge is 2.25. The van der Waals surface area contributed by atoms with E-state index in [4.69, 9.17) is 9.84 Å². The molecule has 0 bridgehead atoms. The molecule has 116 valence electrons. The van der Waals surface area contributed by atoms with Crippen LogP contribution < -0.4 is 0 Å². The zero-order valence-electron chi connectivity index (χ0n) is 12.3. The van der Waals surface area contributed by atoms with Crippen LogP contribution in [-0.4, -0.2) is 48.3 Å². The van der Waals surface area contributed by atoms with Gasteiger partial charge in [0.05, 0.1) is 11.7 Å². The molecular formula is C16H22FNO3. The smallest absolute Gasteiger partial charge is 0.256 e. The first-order valence-electron chi connectivity index (χ1n) is 7.39. The average molecular weight is 295 g/mol. The van der Waals surface area contributed by atoms with Gasteiger partial charge in [-0.2, -0.15) is 0 Å². The summed E-state index contributed by atoms with van der Waals surface area (Å²) in [5, 5.41) is 8.71. The van der Waals surface area contributed by atoms with Crippen molar-refractivity contribution in [3.8, 4) is 0 Å². The molecule has 1 amide bonds. The SMILES string of the molecule is Cc1ccc(C(=O)N2CCC(OCCCO)CC2)c(F)c1. The topological polar surface area (TPSA) is 49.8 Å². The van der Waals surface area contributed by atoms with Crippen molar-refractivity contribution >= 4 is 5.91 Å². The van der Waals surface area contributed by atoms with E-state index < -0.39 is 5.82 Å². The molecule has 1 saturated heterocycles. The van der Waals surface area contributed by atoms with Crippen LogP contribution in [0.15, 0.2) is 18.2 Å². The Morgan fingerprint density at radius 3 is 2.76 bits per heavy atom. The van der Waals surface area contributed by atoms with E-state index in [1.807, 2.05) is 0 Å². The summed E-state index contributed by atoms with van der Waals surface area (Å²) in [6, 6.07) is 4.69. The van der Waals surface area contributed by atoms with Gasteiger partial charge >= 0.3 is 0 Å². The summed E-state index contributed by atoms with van der Waals surface area (Å²) in [7, 11) is 0. The molecule has 21 heavy (non-hydrogen) atoms. The molecule has 1 N–H and O–H groups in total. The number of ether oxygens (including phenoxy) is 1. The van der Waals surface area contributed by atoms with Crippen molar-refractivity contribution < 1.29 is 19.0 Å². The Labute approximate surface area is 124 Å². The molecule has 0 aliphatic carbocycles. The number of aliphatic hydroxyl groups is 1. The number of carbonyl (C=O) groups is 1. The number of nitrogens with zero attached hydrogens (tertiary/aromatic N) is 1. The van der Waals surface area contributed by atoms with E-state index >= 15 is 0 Å². The monoisotopic (exact) mass is 295 g/mol. The Kier molecular flexibility index (Phi) is 5.70. The molecule has 1 heterocycles. The van der Waals surface area contributed by atoms with Crippen molar-refractivity contribution in [2.45, 2.75) is 32.3 Å². The molecular weight excluding hydrogens is 273 g/mol.